The zero-order valence-corrected chi connectivity index (χ0v) is 22.2. The van der Waals surface area contributed by atoms with Crippen LogP contribution in [0.2, 0.25) is 5.28 Å². The number of benzene rings is 1. The van der Waals surface area contributed by atoms with Crippen LogP contribution in [0.5, 0.6) is 0 Å². The number of aliphatic hydroxyl groups is 1. The van der Waals surface area contributed by atoms with Gasteiger partial charge in [-0.1, -0.05) is 43.0 Å². The molecule has 15 heteroatoms. The van der Waals surface area contributed by atoms with Crippen LogP contribution in [-0.2, 0) is 24.9 Å². The molecule has 1 unspecified atom stereocenters. The predicted octanol–water partition coefficient (Wildman–Crippen LogP) is 3.42. The Balaban J connectivity index is 1.69. The molecule has 5 N–H and O–H groups in total. The number of anilines is 1. The van der Waals surface area contributed by atoms with Gasteiger partial charge >= 0.3 is 15.2 Å². The molecular formula is C22H27ClFN3O8P2. The summed E-state index contributed by atoms with van der Waals surface area (Å²) in [7, 11) is -9.54. The quantitative estimate of drug-likeness (QED) is 0.150. The summed E-state index contributed by atoms with van der Waals surface area (Å²) < 4.78 is 47.7. The lowest BCUT2D eigenvalue weighted by molar-refractivity contribution is -0.00817. The van der Waals surface area contributed by atoms with Crippen molar-refractivity contribution in [1.82, 2.24) is 9.97 Å². The van der Waals surface area contributed by atoms with Gasteiger partial charge in [-0.05, 0) is 35.7 Å². The fourth-order valence-electron chi connectivity index (χ4n) is 3.57. The highest BCUT2D eigenvalue weighted by Crippen LogP contribution is 2.55. The van der Waals surface area contributed by atoms with Crippen molar-refractivity contribution in [3.05, 3.63) is 70.7 Å². The van der Waals surface area contributed by atoms with Crippen molar-refractivity contribution in [3.63, 3.8) is 0 Å². The van der Waals surface area contributed by atoms with Gasteiger partial charge in [0.25, 0.3) is 0 Å². The zero-order chi connectivity index (χ0) is 27.4. The lowest BCUT2D eigenvalue weighted by atomic mass is 10.0. The van der Waals surface area contributed by atoms with Crippen LogP contribution in [0.3, 0.4) is 0 Å². The molecule has 1 aromatic heterocycles. The first-order chi connectivity index (χ1) is 17.3. The first-order valence-electron chi connectivity index (χ1n) is 10.9. The fraction of sp³-hybridized carbons (Fsp3) is 0.364. The summed E-state index contributed by atoms with van der Waals surface area (Å²) >= 11 is 6.02. The molecule has 0 radical (unpaired) electrons. The average Bonchev–Trinajstić information content (AvgIpc) is 3.08. The number of aromatic nitrogens is 2. The average molecular weight is 578 g/mol. The van der Waals surface area contributed by atoms with Gasteiger partial charge in [-0.3, -0.25) is 9.13 Å². The number of aliphatic hydroxyl groups excluding tert-OH is 1. The highest BCUT2D eigenvalue weighted by molar-refractivity contribution is 7.70. The lowest BCUT2D eigenvalue weighted by Gasteiger charge is -2.18. The maximum atomic E-state index is 14.8. The molecule has 1 aromatic carbocycles. The van der Waals surface area contributed by atoms with E-state index in [1.165, 1.54) is 6.08 Å². The summed E-state index contributed by atoms with van der Waals surface area (Å²) in [5, 5.41) is 13.4. The highest BCUT2D eigenvalue weighted by atomic mass is 35.5. The molecule has 202 valence electrons. The third kappa shape index (κ3) is 8.51. The van der Waals surface area contributed by atoms with E-state index in [1.807, 2.05) is 30.3 Å². The molecule has 1 fully saturated rings. The first-order valence-corrected chi connectivity index (χ1v) is 14.9. The van der Waals surface area contributed by atoms with Gasteiger partial charge in [0.15, 0.2) is 12.1 Å². The monoisotopic (exact) mass is 577 g/mol. The molecule has 1 aliphatic rings. The van der Waals surface area contributed by atoms with E-state index in [1.54, 1.807) is 13.0 Å². The Kier molecular flexibility index (Phi) is 9.79. The van der Waals surface area contributed by atoms with Crippen molar-refractivity contribution in [2.45, 2.75) is 38.0 Å². The SMILES string of the molecule is C=C(/C=C\c1c(C)nc(Cl)nc1NCc1ccccc1)[C@@H]1O[C@H](COP(=O)(O)CP(=O)(O)O)[C@@H](O)[C@@H]1F. The largest absolute Gasteiger partial charge is 0.387 e. The second-order valence-electron chi connectivity index (χ2n) is 8.36. The topological polar surface area (TPSA) is 171 Å². The summed E-state index contributed by atoms with van der Waals surface area (Å²) in [5.41, 5.74) is 2.25. The van der Waals surface area contributed by atoms with E-state index in [4.69, 9.17) is 26.1 Å². The molecule has 0 bridgehead atoms. The summed E-state index contributed by atoms with van der Waals surface area (Å²) in [6.07, 6.45) is -3.29. The summed E-state index contributed by atoms with van der Waals surface area (Å²) in [5.74, 6) is -0.978. The number of hydrogen-bond donors (Lipinski definition) is 5. The van der Waals surface area contributed by atoms with Crippen LogP contribution in [0.4, 0.5) is 10.2 Å². The number of hydrogen-bond acceptors (Lipinski definition) is 8. The molecule has 3 rings (SSSR count). The number of nitrogens with zero attached hydrogens (tertiary/aromatic N) is 2. The van der Waals surface area contributed by atoms with E-state index in [-0.39, 0.29) is 10.9 Å². The minimum atomic E-state index is -4.84. The number of nitrogens with one attached hydrogen (secondary N) is 1. The minimum absolute atomic E-state index is 0.0397. The summed E-state index contributed by atoms with van der Waals surface area (Å²) in [6, 6.07) is 9.58. The molecule has 0 spiro atoms. The van der Waals surface area contributed by atoms with Gasteiger partial charge in [0, 0.05) is 12.1 Å². The van der Waals surface area contributed by atoms with Crippen LogP contribution in [0, 0.1) is 6.92 Å². The Hall–Kier alpha value is -1.98. The van der Waals surface area contributed by atoms with E-state index in [2.05, 4.69) is 26.4 Å². The van der Waals surface area contributed by atoms with Crippen molar-refractivity contribution in [2.75, 3.05) is 17.8 Å². The number of rotatable bonds is 11. The third-order valence-electron chi connectivity index (χ3n) is 5.36. The van der Waals surface area contributed by atoms with Crippen molar-refractivity contribution >= 4 is 38.7 Å². The first kappa shape index (κ1) is 29.6. The van der Waals surface area contributed by atoms with Crippen molar-refractivity contribution < 1.29 is 42.6 Å². The van der Waals surface area contributed by atoms with E-state index < -0.39 is 52.2 Å². The molecular weight excluding hydrogens is 551 g/mol. The molecule has 0 amide bonds. The third-order valence-corrected chi connectivity index (χ3v) is 8.99. The van der Waals surface area contributed by atoms with Crippen LogP contribution >= 0.6 is 26.8 Å². The van der Waals surface area contributed by atoms with Gasteiger partial charge in [-0.25, -0.2) is 14.4 Å². The molecule has 0 aliphatic carbocycles. The Morgan fingerprint density at radius 1 is 1.27 bits per heavy atom. The molecule has 37 heavy (non-hydrogen) atoms. The molecule has 2 heterocycles. The number of ether oxygens (including phenoxy) is 1. The normalized spacial score (nSPS) is 23.8. The number of aryl methyl sites for hydroxylation is 1. The second-order valence-corrected chi connectivity index (χ2v) is 12.7. The van der Waals surface area contributed by atoms with Gasteiger partial charge < -0.3 is 34.4 Å². The van der Waals surface area contributed by atoms with Crippen LogP contribution in [0.1, 0.15) is 16.8 Å². The van der Waals surface area contributed by atoms with Crippen LogP contribution in [0.25, 0.3) is 6.08 Å². The molecule has 1 saturated heterocycles. The van der Waals surface area contributed by atoms with Gasteiger partial charge in [0.2, 0.25) is 5.28 Å². The summed E-state index contributed by atoms with van der Waals surface area (Å²) in [4.78, 5) is 35.7. The Bertz CT molecular complexity index is 1250. The number of alkyl halides is 1. The smallest absolute Gasteiger partial charge is 0.340 e. The van der Waals surface area contributed by atoms with E-state index in [0.29, 0.717) is 23.6 Å². The zero-order valence-electron chi connectivity index (χ0n) is 19.6. The number of halogens is 2. The predicted molar refractivity (Wildman–Crippen MR) is 136 cm³/mol. The maximum Gasteiger partial charge on any atom is 0.340 e. The van der Waals surface area contributed by atoms with Crippen LogP contribution < -0.4 is 5.32 Å². The van der Waals surface area contributed by atoms with Crippen molar-refractivity contribution in [2.24, 2.45) is 0 Å². The van der Waals surface area contributed by atoms with Gasteiger partial charge in [-0.15, -0.1) is 0 Å². The van der Waals surface area contributed by atoms with Crippen molar-refractivity contribution in [3.8, 4) is 0 Å². The standard InChI is InChI=1S/C22H27ClFN3O8P2/c1-13(20-18(24)19(28)17(35-20)11-34-37(32,33)12-36(29,30)31)8-9-16-14(2)26-22(23)27-21(16)25-10-15-6-4-3-5-7-15/h3-9,17-20,28H,1,10-12H2,2H3,(H,32,33)(H,25,26,27)(H2,29,30,31)/b9-8-/t17-,18+,19-,20+/m1/s1. The fourth-order valence-corrected chi connectivity index (χ4v) is 6.35. The molecule has 11 nitrogen and oxygen atoms in total. The minimum Gasteiger partial charge on any atom is -0.387 e. The van der Waals surface area contributed by atoms with Crippen molar-refractivity contribution in [1.29, 1.82) is 0 Å². The molecule has 0 saturated carbocycles. The Morgan fingerprint density at radius 2 is 1.95 bits per heavy atom. The summed E-state index contributed by atoms with van der Waals surface area (Å²) in [6.45, 7) is 5.21. The Morgan fingerprint density at radius 3 is 2.59 bits per heavy atom. The van der Waals surface area contributed by atoms with Crippen LogP contribution in [-0.4, -0.2) is 66.7 Å². The molecule has 2 aromatic rings. The highest BCUT2D eigenvalue weighted by Gasteiger charge is 2.46. The van der Waals surface area contributed by atoms with E-state index >= 15 is 0 Å². The van der Waals surface area contributed by atoms with Gasteiger partial charge in [0.1, 0.15) is 24.1 Å². The van der Waals surface area contributed by atoms with Gasteiger partial charge in [-0.2, -0.15) is 0 Å². The van der Waals surface area contributed by atoms with E-state index in [0.717, 1.165) is 5.56 Å². The maximum absolute atomic E-state index is 14.8. The Labute approximate surface area is 217 Å². The molecule has 5 atom stereocenters. The van der Waals surface area contributed by atoms with E-state index in [9.17, 15) is 23.5 Å². The van der Waals surface area contributed by atoms with Gasteiger partial charge in [0.05, 0.1) is 12.3 Å². The lowest BCUT2D eigenvalue weighted by Crippen LogP contribution is -2.31. The second kappa shape index (κ2) is 12.3. The van der Waals surface area contributed by atoms with Crippen LogP contribution in [0.15, 0.2) is 48.6 Å². The molecule has 1 aliphatic heterocycles.